The van der Waals surface area contributed by atoms with Gasteiger partial charge in [0.1, 0.15) is 28.7 Å². The molecule has 1 aromatic heterocycles. The minimum atomic E-state index is -4.12. The Morgan fingerprint density at radius 1 is 1.19 bits per heavy atom. The lowest BCUT2D eigenvalue weighted by Crippen LogP contribution is -2.38. The largest absolute Gasteiger partial charge is 0.396 e. The standard InChI is InChI=1S/C11H11F2N5O2S/c12-7-3-8(13)10(4-9(7)14)21(19,20)18-2-1-17-6-15-16-11(17)5-18/h3-4,6H,1-2,5,14H2. The van der Waals surface area contributed by atoms with Crippen LogP contribution in [-0.4, -0.2) is 34.0 Å². The van der Waals surface area contributed by atoms with Crippen LogP contribution in [0.15, 0.2) is 23.4 Å². The Labute approximate surface area is 119 Å². The molecule has 112 valence electrons. The van der Waals surface area contributed by atoms with Crippen LogP contribution in [0, 0.1) is 11.6 Å². The average Bonchev–Trinajstić information content (AvgIpc) is 2.90. The summed E-state index contributed by atoms with van der Waals surface area (Å²) in [4.78, 5) is -0.644. The SMILES string of the molecule is Nc1cc(S(=O)(=O)N2CCn3cnnc3C2)c(F)cc1F. The van der Waals surface area contributed by atoms with E-state index < -0.39 is 32.2 Å². The molecule has 0 unspecified atom stereocenters. The van der Waals surface area contributed by atoms with Gasteiger partial charge in [-0.15, -0.1) is 10.2 Å². The molecule has 1 aromatic carbocycles. The third-order valence-electron chi connectivity index (χ3n) is 3.27. The summed E-state index contributed by atoms with van der Waals surface area (Å²) in [5.74, 6) is -1.71. The van der Waals surface area contributed by atoms with E-state index in [4.69, 9.17) is 5.73 Å². The average molecular weight is 315 g/mol. The monoisotopic (exact) mass is 315 g/mol. The van der Waals surface area contributed by atoms with Crippen molar-refractivity contribution in [2.75, 3.05) is 12.3 Å². The molecule has 0 atom stereocenters. The second-order valence-corrected chi connectivity index (χ2v) is 6.49. The van der Waals surface area contributed by atoms with Crippen molar-refractivity contribution in [3.63, 3.8) is 0 Å². The highest BCUT2D eigenvalue weighted by atomic mass is 32.2. The van der Waals surface area contributed by atoms with Gasteiger partial charge in [0.2, 0.25) is 10.0 Å². The van der Waals surface area contributed by atoms with Crippen LogP contribution in [0.4, 0.5) is 14.5 Å². The number of fused-ring (bicyclic) bond motifs is 1. The molecule has 1 aliphatic rings. The van der Waals surface area contributed by atoms with Gasteiger partial charge < -0.3 is 10.3 Å². The van der Waals surface area contributed by atoms with Crippen LogP contribution in [0.25, 0.3) is 0 Å². The molecule has 0 saturated carbocycles. The number of hydrogen-bond acceptors (Lipinski definition) is 5. The Kier molecular flexibility index (Phi) is 3.14. The van der Waals surface area contributed by atoms with Crippen LogP contribution in [0.2, 0.25) is 0 Å². The summed E-state index contributed by atoms with van der Waals surface area (Å²) >= 11 is 0. The van der Waals surface area contributed by atoms with Gasteiger partial charge in [0.05, 0.1) is 12.2 Å². The Hall–Kier alpha value is -2.07. The fraction of sp³-hybridized carbons (Fsp3) is 0.273. The lowest BCUT2D eigenvalue weighted by molar-refractivity contribution is 0.334. The first-order chi connectivity index (χ1) is 9.89. The fourth-order valence-corrected chi connectivity index (χ4v) is 3.60. The van der Waals surface area contributed by atoms with E-state index in [0.717, 1.165) is 10.4 Å². The van der Waals surface area contributed by atoms with E-state index in [1.807, 2.05) is 0 Å². The Morgan fingerprint density at radius 2 is 1.95 bits per heavy atom. The molecular formula is C11H11F2N5O2S. The van der Waals surface area contributed by atoms with E-state index in [0.29, 0.717) is 18.4 Å². The number of hydrogen-bond donors (Lipinski definition) is 1. The van der Waals surface area contributed by atoms with Crippen molar-refractivity contribution in [3.05, 3.63) is 35.9 Å². The number of nitrogen functional groups attached to an aromatic ring is 1. The smallest absolute Gasteiger partial charge is 0.246 e. The summed E-state index contributed by atoms with van der Waals surface area (Å²) in [6.07, 6.45) is 1.50. The topological polar surface area (TPSA) is 94.1 Å². The van der Waals surface area contributed by atoms with Gasteiger partial charge in [-0.1, -0.05) is 0 Å². The van der Waals surface area contributed by atoms with Crippen molar-refractivity contribution in [2.24, 2.45) is 0 Å². The minimum absolute atomic E-state index is 0.0287. The number of nitrogens with zero attached hydrogens (tertiary/aromatic N) is 4. The second kappa shape index (κ2) is 4.74. The number of sulfonamides is 1. The summed E-state index contributed by atoms with van der Waals surface area (Å²) < 4.78 is 54.6. The third-order valence-corrected chi connectivity index (χ3v) is 5.13. The maximum Gasteiger partial charge on any atom is 0.246 e. The molecule has 0 aliphatic carbocycles. The number of anilines is 1. The highest BCUT2D eigenvalue weighted by Crippen LogP contribution is 2.26. The molecule has 3 rings (SSSR count). The molecule has 1 aliphatic heterocycles. The molecule has 2 N–H and O–H groups in total. The third kappa shape index (κ3) is 2.25. The first kappa shape index (κ1) is 13.9. The van der Waals surface area contributed by atoms with E-state index in [1.54, 1.807) is 4.57 Å². The van der Waals surface area contributed by atoms with E-state index in [9.17, 15) is 17.2 Å². The van der Waals surface area contributed by atoms with Gasteiger partial charge in [-0.05, 0) is 6.07 Å². The van der Waals surface area contributed by atoms with E-state index in [-0.39, 0.29) is 13.1 Å². The summed E-state index contributed by atoms with van der Waals surface area (Å²) in [6, 6.07) is 1.26. The summed E-state index contributed by atoms with van der Waals surface area (Å²) in [7, 11) is -4.12. The molecule has 0 bridgehead atoms. The van der Waals surface area contributed by atoms with Gasteiger partial charge in [0.25, 0.3) is 0 Å². The van der Waals surface area contributed by atoms with Crippen LogP contribution < -0.4 is 5.73 Å². The second-order valence-electron chi connectivity index (χ2n) is 4.58. The van der Waals surface area contributed by atoms with Gasteiger partial charge in [-0.25, -0.2) is 17.2 Å². The number of aromatic nitrogens is 3. The van der Waals surface area contributed by atoms with Crippen LogP contribution in [0.3, 0.4) is 0 Å². The number of rotatable bonds is 2. The van der Waals surface area contributed by atoms with Crippen molar-refractivity contribution >= 4 is 15.7 Å². The molecule has 2 aromatic rings. The normalized spacial score (nSPS) is 15.9. The predicted octanol–water partition coefficient (Wildman–Crippen LogP) is 0.343. The first-order valence-electron chi connectivity index (χ1n) is 6.01. The van der Waals surface area contributed by atoms with Crippen molar-refractivity contribution < 1.29 is 17.2 Å². The molecule has 7 nitrogen and oxygen atoms in total. The van der Waals surface area contributed by atoms with Gasteiger partial charge >= 0.3 is 0 Å². The van der Waals surface area contributed by atoms with Crippen molar-refractivity contribution in [1.82, 2.24) is 19.1 Å². The lowest BCUT2D eigenvalue weighted by atomic mass is 10.3. The van der Waals surface area contributed by atoms with Crippen LogP contribution in [0.5, 0.6) is 0 Å². The van der Waals surface area contributed by atoms with Crippen molar-refractivity contribution in [2.45, 2.75) is 18.0 Å². The lowest BCUT2D eigenvalue weighted by Gasteiger charge is -2.26. The van der Waals surface area contributed by atoms with Crippen molar-refractivity contribution in [1.29, 1.82) is 0 Å². The molecule has 21 heavy (non-hydrogen) atoms. The highest BCUT2D eigenvalue weighted by Gasteiger charge is 2.32. The van der Waals surface area contributed by atoms with E-state index in [2.05, 4.69) is 10.2 Å². The van der Waals surface area contributed by atoms with Crippen LogP contribution in [-0.2, 0) is 23.1 Å². The Morgan fingerprint density at radius 3 is 2.71 bits per heavy atom. The zero-order valence-electron chi connectivity index (χ0n) is 10.7. The van der Waals surface area contributed by atoms with Crippen LogP contribution >= 0.6 is 0 Å². The van der Waals surface area contributed by atoms with Gasteiger partial charge in [-0.3, -0.25) is 0 Å². The maximum absolute atomic E-state index is 13.8. The molecule has 0 amide bonds. The van der Waals surface area contributed by atoms with Crippen molar-refractivity contribution in [3.8, 4) is 0 Å². The molecule has 0 spiro atoms. The predicted molar refractivity (Wildman–Crippen MR) is 68.4 cm³/mol. The molecule has 0 fully saturated rings. The first-order valence-corrected chi connectivity index (χ1v) is 7.45. The quantitative estimate of drug-likeness (QED) is 0.807. The minimum Gasteiger partial charge on any atom is -0.396 e. The number of benzene rings is 1. The summed E-state index contributed by atoms with van der Waals surface area (Å²) in [5, 5.41) is 7.48. The molecule has 0 radical (unpaired) electrons. The zero-order chi connectivity index (χ0) is 15.2. The Bertz CT molecular complexity index is 805. The number of nitrogens with two attached hydrogens (primary N) is 1. The zero-order valence-corrected chi connectivity index (χ0v) is 11.5. The molecule has 2 heterocycles. The fourth-order valence-electron chi connectivity index (χ4n) is 2.13. The Balaban J connectivity index is 2.00. The molecule has 10 heteroatoms. The summed E-state index contributed by atoms with van der Waals surface area (Å²) in [5.41, 5.74) is 4.90. The van der Waals surface area contributed by atoms with Gasteiger partial charge in [0, 0.05) is 19.2 Å². The van der Waals surface area contributed by atoms with Crippen LogP contribution in [0.1, 0.15) is 5.82 Å². The number of halogens is 2. The van der Waals surface area contributed by atoms with E-state index in [1.165, 1.54) is 6.33 Å². The van der Waals surface area contributed by atoms with Gasteiger partial charge in [-0.2, -0.15) is 4.31 Å². The maximum atomic E-state index is 13.8. The molecule has 0 saturated heterocycles. The molecular weight excluding hydrogens is 304 g/mol. The van der Waals surface area contributed by atoms with E-state index >= 15 is 0 Å². The summed E-state index contributed by atoms with van der Waals surface area (Å²) in [6.45, 7) is 0.475. The highest BCUT2D eigenvalue weighted by molar-refractivity contribution is 7.89. The van der Waals surface area contributed by atoms with Gasteiger partial charge in [0.15, 0.2) is 0 Å².